The van der Waals surface area contributed by atoms with Crippen molar-refractivity contribution in [1.82, 2.24) is 0 Å². The third-order valence-electron chi connectivity index (χ3n) is 10.0. The summed E-state index contributed by atoms with van der Waals surface area (Å²) in [5.74, 6) is 4.38. The van der Waals surface area contributed by atoms with E-state index in [4.69, 9.17) is 0 Å². The van der Waals surface area contributed by atoms with Gasteiger partial charge < -0.3 is 5.11 Å². The van der Waals surface area contributed by atoms with Gasteiger partial charge in [-0.2, -0.15) is 0 Å². The van der Waals surface area contributed by atoms with E-state index in [0.717, 1.165) is 36.5 Å². The van der Waals surface area contributed by atoms with E-state index >= 15 is 0 Å². The van der Waals surface area contributed by atoms with Crippen LogP contribution in [-0.4, -0.2) is 11.2 Å². The predicted molar refractivity (Wildman–Crippen MR) is 123 cm³/mol. The molecule has 0 aromatic carbocycles. The molecule has 4 aliphatic carbocycles. The standard InChI is InChI=1S/C28H44O/c1-18(2)19(3)7-8-20(4)24-11-12-25-23-10-9-21-17-22(29)13-15-27(21,5)26(23)14-16-28(24,25)6/h7-10,18-20,22,24-26,29H,11-17H2,1-6H3/b8-7+/t19-,20+,22-,24+,25?,26-,27-,28+/m0/s1. The minimum Gasteiger partial charge on any atom is -0.393 e. The second kappa shape index (κ2) is 7.70. The maximum Gasteiger partial charge on any atom is 0.0578 e. The Balaban J connectivity index is 1.57. The number of aliphatic hydroxyl groups is 1. The predicted octanol–water partition coefficient (Wildman–Crippen LogP) is 7.33. The highest BCUT2D eigenvalue weighted by Gasteiger charge is 2.56. The van der Waals surface area contributed by atoms with Gasteiger partial charge in [-0.15, -0.1) is 0 Å². The number of allylic oxidation sites excluding steroid dienone is 5. The van der Waals surface area contributed by atoms with Crippen molar-refractivity contribution in [2.24, 2.45) is 46.3 Å². The summed E-state index contributed by atoms with van der Waals surface area (Å²) in [6.07, 6.45) is 18.4. The van der Waals surface area contributed by atoms with Crippen LogP contribution in [0.4, 0.5) is 0 Å². The summed E-state index contributed by atoms with van der Waals surface area (Å²) in [6, 6.07) is 0. The van der Waals surface area contributed by atoms with Crippen molar-refractivity contribution in [2.45, 2.75) is 92.6 Å². The number of hydrogen-bond donors (Lipinski definition) is 1. The van der Waals surface area contributed by atoms with Gasteiger partial charge >= 0.3 is 0 Å². The first-order chi connectivity index (χ1) is 13.7. The van der Waals surface area contributed by atoms with Crippen LogP contribution in [0.5, 0.6) is 0 Å². The van der Waals surface area contributed by atoms with Gasteiger partial charge in [0.2, 0.25) is 0 Å². The summed E-state index contributed by atoms with van der Waals surface area (Å²) in [4.78, 5) is 0. The Morgan fingerprint density at radius 2 is 1.69 bits per heavy atom. The van der Waals surface area contributed by atoms with E-state index < -0.39 is 0 Å². The summed E-state index contributed by atoms with van der Waals surface area (Å²) >= 11 is 0. The molecular weight excluding hydrogens is 352 g/mol. The van der Waals surface area contributed by atoms with Crippen LogP contribution in [-0.2, 0) is 0 Å². The van der Waals surface area contributed by atoms with E-state index in [0.29, 0.717) is 22.7 Å². The summed E-state index contributed by atoms with van der Waals surface area (Å²) < 4.78 is 0. The van der Waals surface area contributed by atoms with Crippen LogP contribution >= 0.6 is 0 Å². The second-order valence-corrected chi connectivity index (χ2v) is 11.9. The van der Waals surface area contributed by atoms with Gasteiger partial charge in [0.1, 0.15) is 0 Å². The normalized spacial score (nSPS) is 44.0. The number of fused-ring (bicyclic) bond motifs is 5. The number of hydrogen-bond acceptors (Lipinski definition) is 1. The Kier molecular flexibility index (Phi) is 5.69. The molecule has 3 saturated carbocycles. The van der Waals surface area contributed by atoms with Crippen molar-refractivity contribution in [3.8, 4) is 0 Å². The molecule has 162 valence electrons. The SMILES string of the molecule is CC(C)[C@@H](C)/C=C/[C@@H](C)[C@H]1CCC2C3=CC=C4C[C@@H](O)CC[C@]4(C)[C@H]3CC[C@@]21C. The maximum absolute atomic E-state index is 10.2. The van der Waals surface area contributed by atoms with Gasteiger partial charge in [-0.1, -0.05) is 77.0 Å². The van der Waals surface area contributed by atoms with Gasteiger partial charge in [-0.25, -0.2) is 0 Å². The molecule has 8 atom stereocenters. The first-order valence-electron chi connectivity index (χ1n) is 12.4. The molecule has 0 saturated heterocycles. The van der Waals surface area contributed by atoms with Crippen LogP contribution in [0.3, 0.4) is 0 Å². The largest absolute Gasteiger partial charge is 0.393 e. The smallest absolute Gasteiger partial charge is 0.0578 e. The summed E-state index contributed by atoms with van der Waals surface area (Å²) in [5, 5.41) is 10.2. The molecule has 0 amide bonds. The fourth-order valence-corrected chi connectivity index (χ4v) is 7.59. The van der Waals surface area contributed by atoms with Crippen molar-refractivity contribution in [3.05, 3.63) is 35.5 Å². The molecule has 0 heterocycles. The Labute approximate surface area is 179 Å². The third-order valence-corrected chi connectivity index (χ3v) is 10.0. The molecule has 1 heteroatoms. The van der Waals surface area contributed by atoms with Crippen molar-refractivity contribution in [1.29, 1.82) is 0 Å². The van der Waals surface area contributed by atoms with Gasteiger partial charge in [0, 0.05) is 0 Å². The minimum atomic E-state index is -0.116. The zero-order chi connectivity index (χ0) is 21.0. The lowest BCUT2D eigenvalue weighted by atomic mass is 9.50. The summed E-state index contributed by atoms with van der Waals surface area (Å²) in [7, 11) is 0. The van der Waals surface area contributed by atoms with E-state index in [1.54, 1.807) is 5.57 Å². The molecule has 0 bridgehead atoms. The maximum atomic E-state index is 10.2. The Hall–Kier alpha value is -0.820. The van der Waals surface area contributed by atoms with Crippen molar-refractivity contribution >= 4 is 0 Å². The van der Waals surface area contributed by atoms with Crippen LogP contribution in [0.15, 0.2) is 35.5 Å². The first kappa shape index (κ1) is 21.4. The quantitative estimate of drug-likeness (QED) is 0.493. The molecule has 3 fully saturated rings. The fraction of sp³-hybridized carbons (Fsp3) is 0.786. The lowest BCUT2D eigenvalue weighted by Gasteiger charge is -2.55. The van der Waals surface area contributed by atoms with E-state index in [9.17, 15) is 5.11 Å². The van der Waals surface area contributed by atoms with Crippen LogP contribution in [0.2, 0.25) is 0 Å². The van der Waals surface area contributed by atoms with Crippen LogP contribution in [0.25, 0.3) is 0 Å². The molecule has 0 aromatic rings. The molecule has 4 aliphatic rings. The first-order valence-corrected chi connectivity index (χ1v) is 12.4. The average molecular weight is 397 g/mol. The van der Waals surface area contributed by atoms with Gasteiger partial charge in [-0.3, -0.25) is 0 Å². The van der Waals surface area contributed by atoms with E-state index in [1.807, 2.05) is 0 Å². The zero-order valence-electron chi connectivity index (χ0n) is 19.7. The Morgan fingerprint density at radius 3 is 2.41 bits per heavy atom. The molecule has 29 heavy (non-hydrogen) atoms. The molecule has 1 nitrogen and oxygen atoms in total. The van der Waals surface area contributed by atoms with E-state index in [-0.39, 0.29) is 6.10 Å². The van der Waals surface area contributed by atoms with Crippen LogP contribution in [0.1, 0.15) is 86.5 Å². The van der Waals surface area contributed by atoms with Gasteiger partial charge in [-0.05, 0) is 91.3 Å². The fourth-order valence-electron chi connectivity index (χ4n) is 7.59. The lowest BCUT2D eigenvalue weighted by molar-refractivity contribution is 0.0382. The van der Waals surface area contributed by atoms with E-state index in [2.05, 4.69) is 65.8 Å². The van der Waals surface area contributed by atoms with Crippen LogP contribution in [0, 0.1) is 46.3 Å². The Morgan fingerprint density at radius 1 is 0.931 bits per heavy atom. The molecule has 1 N–H and O–H groups in total. The molecule has 0 spiro atoms. The van der Waals surface area contributed by atoms with Gasteiger partial charge in [0.15, 0.2) is 0 Å². The van der Waals surface area contributed by atoms with Crippen molar-refractivity contribution in [3.63, 3.8) is 0 Å². The lowest BCUT2D eigenvalue weighted by Crippen LogP contribution is -2.46. The van der Waals surface area contributed by atoms with Gasteiger partial charge in [0.05, 0.1) is 6.10 Å². The minimum absolute atomic E-state index is 0.116. The Bertz CT molecular complexity index is 712. The van der Waals surface area contributed by atoms with Crippen molar-refractivity contribution in [2.75, 3.05) is 0 Å². The highest BCUT2D eigenvalue weighted by Crippen LogP contribution is 2.65. The van der Waals surface area contributed by atoms with Gasteiger partial charge in [0.25, 0.3) is 0 Å². The molecule has 0 aliphatic heterocycles. The monoisotopic (exact) mass is 396 g/mol. The summed E-state index contributed by atoms with van der Waals surface area (Å²) in [5.41, 5.74) is 4.07. The highest BCUT2D eigenvalue weighted by atomic mass is 16.3. The topological polar surface area (TPSA) is 20.2 Å². The third kappa shape index (κ3) is 3.50. The molecule has 0 aromatic heterocycles. The van der Waals surface area contributed by atoms with Crippen molar-refractivity contribution < 1.29 is 5.11 Å². The molecule has 0 radical (unpaired) electrons. The molecular formula is C28H44O. The highest BCUT2D eigenvalue weighted by molar-refractivity contribution is 5.39. The number of aliphatic hydroxyl groups excluding tert-OH is 1. The summed E-state index contributed by atoms with van der Waals surface area (Å²) in [6.45, 7) is 14.6. The zero-order valence-corrected chi connectivity index (χ0v) is 19.7. The number of rotatable bonds is 4. The molecule has 4 rings (SSSR count). The molecule has 1 unspecified atom stereocenters. The van der Waals surface area contributed by atoms with Crippen LogP contribution < -0.4 is 0 Å². The average Bonchev–Trinajstić information content (AvgIpc) is 3.03. The van der Waals surface area contributed by atoms with E-state index in [1.165, 1.54) is 37.7 Å². The second-order valence-electron chi connectivity index (χ2n) is 11.9.